The van der Waals surface area contributed by atoms with Gasteiger partial charge in [0.05, 0.1) is 31.9 Å². The molecule has 0 radical (unpaired) electrons. The first kappa shape index (κ1) is 31.8. The van der Waals surface area contributed by atoms with Gasteiger partial charge in [-0.1, -0.05) is 0 Å². The van der Waals surface area contributed by atoms with Crippen LogP contribution in [0.4, 0.5) is 16.2 Å². The number of rotatable bonds is 3. The van der Waals surface area contributed by atoms with E-state index in [0.717, 1.165) is 0 Å². The fraction of sp³-hybridized carbons (Fsp3) is 0.583. The number of fused-ring (bicyclic) bond motifs is 4. The van der Waals surface area contributed by atoms with Crippen LogP contribution >= 0.6 is 15.6 Å². The quantitative estimate of drug-likeness (QED) is 0.179. The fourth-order valence-electron chi connectivity index (χ4n) is 7.44. The minimum Gasteiger partial charge on any atom is -0.382 e. The number of phosphoric acid groups is 2. The molecule has 11 atom stereocenters. The van der Waals surface area contributed by atoms with Crippen LogP contribution in [-0.2, 0) is 36.7 Å². The Morgan fingerprint density at radius 2 is 1.81 bits per heavy atom. The van der Waals surface area contributed by atoms with Crippen molar-refractivity contribution in [2.24, 2.45) is 11.3 Å². The van der Waals surface area contributed by atoms with Crippen molar-refractivity contribution in [2.45, 2.75) is 55.7 Å². The number of H-pyrrole nitrogens is 1. The van der Waals surface area contributed by atoms with Gasteiger partial charge in [-0.2, -0.15) is 4.98 Å². The summed E-state index contributed by atoms with van der Waals surface area (Å²) < 4.78 is 80.1. The van der Waals surface area contributed by atoms with E-state index in [1.165, 1.54) is 35.2 Å². The summed E-state index contributed by atoms with van der Waals surface area (Å²) in [6.45, 7) is -1.29. The van der Waals surface area contributed by atoms with Crippen molar-refractivity contribution in [1.29, 1.82) is 0 Å². The lowest BCUT2D eigenvalue weighted by Crippen LogP contribution is -2.49. The predicted octanol–water partition coefficient (Wildman–Crippen LogP) is 0.344. The van der Waals surface area contributed by atoms with Gasteiger partial charge in [-0.15, -0.1) is 0 Å². The molecule has 7 N–H and O–H groups in total. The van der Waals surface area contributed by atoms with Crippen molar-refractivity contribution in [3.05, 3.63) is 29.3 Å². The zero-order valence-corrected chi connectivity index (χ0v) is 26.6. The maximum Gasteiger partial charge on any atom is 0.472 e. The first-order chi connectivity index (χ1) is 22.8. The number of anilines is 2. The van der Waals surface area contributed by atoms with E-state index in [9.17, 15) is 23.7 Å². The SMILES string of the molecule is CO[C@H]1[C@H]2OP(=O)(O)OC[C@@]34CC[C@@H]3[C@@H](n3cnc5c(N)ncnc53)[C@@H](F)[C@@H]4OP(=O)(O)OC[C@H]1O[C@H]2n1cnc2c(=O)[nH]c(N)nc21. The number of nitrogens with two attached hydrogens (primary N) is 2. The number of phosphoric ester groups is 2. The lowest BCUT2D eigenvalue weighted by atomic mass is 9.60. The summed E-state index contributed by atoms with van der Waals surface area (Å²) in [6, 6.07) is -1.04. The van der Waals surface area contributed by atoms with Crippen molar-refractivity contribution in [3.63, 3.8) is 0 Å². The molecule has 6 heterocycles. The van der Waals surface area contributed by atoms with Gasteiger partial charge in [0.2, 0.25) is 5.95 Å². The van der Waals surface area contributed by atoms with Crippen molar-refractivity contribution in [2.75, 3.05) is 31.8 Å². The molecule has 4 aromatic heterocycles. The van der Waals surface area contributed by atoms with Crippen molar-refractivity contribution >= 4 is 49.7 Å². The van der Waals surface area contributed by atoms with Crippen LogP contribution in [0.15, 0.2) is 23.8 Å². The minimum absolute atomic E-state index is 0.0543. The number of nitrogen functional groups attached to an aromatic ring is 2. The molecule has 2 unspecified atom stereocenters. The Labute approximate surface area is 267 Å². The van der Waals surface area contributed by atoms with E-state index in [1.54, 1.807) is 0 Å². The third-order valence-electron chi connectivity index (χ3n) is 9.64. The van der Waals surface area contributed by atoms with Crippen LogP contribution in [0.25, 0.3) is 22.3 Å². The number of imidazole rings is 2. The smallest absolute Gasteiger partial charge is 0.382 e. The Morgan fingerprint density at radius 3 is 2.56 bits per heavy atom. The van der Waals surface area contributed by atoms with Gasteiger partial charge in [0.25, 0.3) is 5.56 Å². The highest BCUT2D eigenvalue weighted by Crippen LogP contribution is 2.68. The van der Waals surface area contributed by atoms with Crippen LogP contribution in [0, 0.1) is 11.3 Å². The molecule has 2 saturated heterocycles. The summed E-state index contributed by atoms with van der Waals surface area (Å²) in [4.78, 5) is 57.2. The molecule has 24 heteroatoms. The third-order valence-corrected chi connectivity index (χ3v) is 11.6. The number of nitrogens with zero attached hydrogens (tertiary/aromatic N) is 7. The second-order valence-electron chi connectivity index (χ2n) is 12.0. The summed E-state index contributed by atoms with van der Waals surface area (Å²) in [5, 5.41) is 0. The van der Waals surface area contributed by atoms with Crippen molar-refractivity contribution < 1.29 is 50.9 Å². The maximum atomic E-state index is 16.6. The number of hydrogen-bond donors (Lipinski definition) is 5. The topological polar surface area (TPSA) is 289 Å². The molecule has 0 amide bonds. The normalized spacial score (nSPS) is 40.1. The molecular weight excluding hydrogens is 685 g/mol. The highest BCUT2D eigenvalue weighted by atomic mass is 31.2. The molecule has 258 valence electrons. The Bertz CT molecular complexity index is 2080. The maximum absolute atomic E-state index is 16.6. The molecule has 48 heavy (non-hydrogen) atoms. The van der Waals surface area contributed by atoms with Gasteiger partial charge in [-0.3, -0.25) is 32.4 Å². The van der Waals surface area contributed by atoms with E-state index >= 15 is 4.39 Å². The summed E-state index contributed by atoms with van der Waals surface area (Å²) in [7, 11) is -8.85. The highest BCUT2D eigenvalue weighted by molar-refractivity contribution is 7.47. The number of halogens is 1. The van der Waals surface area contributed by atoms with E-state index < -0.39 is 88.6 Å². The van der Waals surface area contributed by atoms with Gasteiger partial charge in [-0.05, 0) is 18.8 Å². The number of methoxy groups -OCH3 is 1. The van der Waals surface area contributed by atoms with Crippen molar-refractivity contribution in [3.8, 4) is 0 Å². The van der Waals surface area contributed by atoms with Gasteiger partial charge in [0, 0.05) is 12.5 Å². The zero-order chi connectivity index (χ0) is 33.7. The number of aromatic nitrogens is 8. The summed E-state index contributed by atoms with van der Waals surface area (Å²) in [5.74, 6) is -0.806. The minimum atomic E-state index is -5.06. The Balaban J connectivity index is 1.17. The highest BCUT2D eigenvalue weighted by Gasteiger charge is 2.69. The number of nitrogens with one attached hydrogen (secondary N) is 1. The number of alkyl halides is 1. The number of ether oxygens (including phenoxy) is 2. The molecule has 1 spiro atoms. The molecule has 4 fully saturated rings. The Hall–Kier alpha value is -3.43. The number of aromatic amines is 1. The van der Waals surface area contributed by atoms with E-state index in [1.807, 2.05) is 0 Å². The van der Waals surface area contributed by atoms with Gasteiger partial charge in [0.15, 0.2) is 28.9 Å². The van der Waals surface area contributed by atoms with E-state index in [2.05, 4.69) is 29.9 Å². The summed E-state index contributed by atoms with van der Waals surface area (Å²) in [5.41, 5.74) is 9.91. The molecule has 21 nitrogen and oxygen atoms in total. The Morgan fingerprint density at radius 1 is 1.06 bits per heavy atom. The molecule has 4 aromatic rings. The molecular formula is C24H29FN10O11P2. The molecule has 2 aliphatic heterocycles. The molecule has 2 bridgehead atoms. The lowest BCUT2D eigenvalue weighted by Gasteiger charge is -2.48. The second kappa shape index (κ2) is 11.0. The van der Waals surface area contributed by atoms with Crippen LogP contribution in [0.5, 0.6) is 0 Å². The van der Waals surface area contributed by atoms with Crippen LogP contribution in [0.2, 0.25) is 0 Å². The van der Waals surface area contributed by atoms with Crippen LogP contribution in [0.3, 0.4) is 0 Å². The molecule has 0 aromatic carbocycles. The molecule has 2 aliphatic carbocycles. The lowest BCUT2D eigenvalue weighted by molar-refractivity contribution is -0.0993. The largest absolute Gasteiger partial charge is 0.472 e. The number of hydrogen-bond acceptors (Lipinski definition) is 16. The van der Waals surface area contributed by atoms with E-state index in [0.29, 0.717) is 6.42 Å². The van der Waals surface area contributed by atoms with Crippen molar-refractivity contribution in [1.82, 2.24) is 39.0 Å². The Kier molecular flexibility index (Phi) is 7.32. The standard InChI is InChI=1S/C24H29FN10O11P2/c1-41-15-10-4-42-47(37,38)46-17-11(25)14(34-7-30-12-18(26)28-6-29-19(12)34)9-2-3-24(9,17)5-43-48(39,40)45-16(15)22(44-10)35-8-31-13-20(35)32-23(27)33-21(13)36/h6-11,14-17,22H,2-5H2,1H3,(H,37,38)(H,39,40)(H2,26,28,29)(H3,27,32,33,36)/t9-,10-,11-,14-,15-,16-,17+,22-,24+/m1/s1. The van der Waals surface area contributed by atoms with Gasteiger partial charge in [-0.25, -0.2) is 33.5 Å². The summed E-state index contributed by atoms with van der Waals surface area (Å²) in [6.07, 6.45) is -4.55. The third kappa shape index (κ3) is 4.82. The van der Waals surface area contributed by atoms with E-state index in [-0.39, 0.29) is 40.5 Å². The fourth-order valence-corrected chi connectivity index (χ4v) is 9.45. The first-order valence-electron chi connectivity index (χ1n) is 14.6. The average Bonchev–Trinajstić information content (AvgIpc) is 3.75. The zero-order valence-electron chi connectivity index (χ0n) is 24.8. The monoisotopic (exact) mass is 714 g/mol. The second-order valence-corrected chi connectivity index (χ2v) is 14.9. The van der Waals surface area contributed by atoms with Gasteiger partial charge >= 0.3 is 15.6 Å². The van der Waals surface area contributed by atoms with Crippen LogP contribution in [0.1, 0.15) is 25.1 Å². The molecule has 2 saturated carbocycles. The predicted molar refractivity (Wildman–Crippen MR) is 157 cm³/mol. The van der Waals surface area contributed by atoms with E-state index in [4.69, 9.17) is 39.0 Å². The van der Waals surface area contributed by atoms with Crippen LogP contribution < -0.4 is 17.0 Å². The molecule has 8 rings (SSSR count). The molecule has 4 aliphatic rings. The van der Waals surface area contributed by atoms with Gasteiger partial charge in [0.1, 0.15) is 42.4 Å². The first-order valence-corrected chi connectivity index (χ1v) is 17.6. The summed E-state index contributed by atoms with van der Waals surface area (Å²) >= 11 is 0. The average molecular weight is 715 g/mol. The van der Waals surface area contributed by atoms with Crippen LogP contribution in [-0.4, -0.2) is 99.7 Å². The van der Waals surface area contributed by atoms with Gasteiger partial charge < -0.3 is 35.3 Å².